The van der Waals surface area contributed by atoms with Crippen LogP contribution in [0.4, 0.5) is 11.4 Å². The molecule has 7 nitrogen and oxygen atoms in total. The van der Waals surface area contributed by atoms with Gasteiger partial charge in [-0.15, -0.1) is 0 Å². The molecule has 0 saturated heterocycles. The molecule has 1 amide bonds. The van der Waals surface area contributed by atoms with E-state index in [1.165, 1.54) is 12.1 Å². The van der Waals surface area contributed by atoms with Crippen LogP contribution in [0.25, 0.3) is 0 Å². The van der Waals surface area contributed by atoms with Gasteiger partial charge in [0.2, 0.25) is 0 Å². The van der Waals surface area contributed by atoms with Crippen LogP contribution in [-0.4, -0.2) is 15.7 Å². The molecule has 0 bridgehead atoms. The molecular formula is C19H15N3O4. The van der Waals surface area contributed by atoms with Gasteiger partial charge in [0.25, 0.3) is 11.6 Å². The summed E-state index contributed by atoms with van der Waals surface area (Å²) >= 11 is 0. The van der Waals surface area contributed by atoms with Gasteiger partial charge in [-0.2, -0.15) is 0 Å². The highest BCUT2D eigenvalue weighted by molar-refractivity contribution is 6.01. The van der Waals surface area contributed by atoms with Crippen molar-refractivity contribution in [2.24, 2.45) is 0 Å². The zero-order valence-electron chi connectivity index (χ0n) is 13.7. The van der Waals surface area contributed by atoms with Crippen molar-refractivity contribution in [3.8, 4) is 0 Å². The maximum absolute atomic E-state index is 13.1. The first-order chi connectivity index (χ1) is 12.6. The molecule has 1 atom stereocenters. The smallest absolute Gasteiger partial charge is 0.269 e. The quantitative estimate of drug-likeness (QED) is 0.569. The summed E-state index contributed by atoms with van der Waals surface area (Å²) in [5.41, 5.74) is 1.87. The molecule has 130 valence electrons. The van der Waals surface area contributed by atoms with E-state index >= 15 is 0 Å². The van der Waals surface area contributed by atoms with Gasteiger partial charge in [-0.25, -0.2) is 0 Å². The predicted octanol–water partition coefficient (Wildman–Crippen LogP) is 3.95. The number of fused-ring (bicyclic) bond motifs is 1. The lowest BCUT2D eigenvalue weighted by Gasteiger charge is -2.37. The second kappa shape index (κ2) is 6.36. The highest BCUT2D eigenvalue weighted by Gasteiger charge is 2.33. The summed E-state index contributed by atoms with van der Waals surface area (Å²) in [5.74, 6) is 0.474. The molecule has 2 heterocycles. The summed E-state index contributed by atoms with van der Waals surface area (Å²) in [5, 5.41) is 14.4. The Balaban J connectivity index is 1.78. The topological polar surface area (TPSA) is 88.6 Å². The number of hydrogen-bond acceptors (Lipinski definition) is 5. The van der Waals surface area contributed by atoms with Crippen LogP contribution in [0.1, 0.15) is 27.8 Å². The van der Waals surface area contributed by atoms with Gasteiger partial charge in [0, 0.05) is 23.4 Å². The molecule has 1 aliphatic heterocycles. The Kier molecular flexibility index (Phi) is 3.89. The van der Waals surface area contributed by atoms with Gasteiger partial charge in [0.15, 0.2) is 0 Å². The Morgan fingerprint density at radius 2 is 1.96 bits per heavy atom. The summed E-state index contributed by atoms with van der Waals surface area (Å²) in [7, 11) is 0. The number of amides is 1. The van der Waals surface area contributed by atoms with E-state index in [2.05, 4.69) is 5.32 Å². The van der Waals surface area contributed by atoms with Crippen molar-refractivity contribution in [1.29, 1.82) is 0 Å². The average molecular weight is 349 g/mol. The second-order valence-corrected chi connectivity index (χ2v) is 5.96. The molecule has 1 N–H and O–H groups in total. The van der Waals surface area contributed by atoms with Crippen molar-refractivity contribution < 1.29 is 14.1 Å². The molecule has 0 spiro atoms. The Hall–Kier alpha value is -3.61. The van der Waals surface area contributed by atoms with Crippen LogP contribution in [0.5, 0.6) is 0 Å². The fourth-order valence-electron chi connectivity index (χ4n) is 3.10. The van der Waals surface area contributed by atoms with Gasteiger partial charge >= 0.3 is 0 Å². The van der Waals surface area contributed by atoms with Gasteiger partial charge in [-0.05, 0) is 24.3 Å². The number of carbonyl (C=O) groups excluding carboxylic acids is 1. The van der Waals surface area contributed by atoms with Crippen LogP contribution in [0.3, 0.4) is 0 Å². The minimum absolute atomic E-state index is 0.0199. The number of non-ortho nitro benzene ring substituents is 1. The number of nitrogens with zero attached hydrogens (tertiary/aromatic N) is 2. The van der Waals surface area contributed by atoms with E-state index in [0.29, 0.717) is 22.6 Å². The van der Waals surface area contributed by atoms with Crippen molar-refractivity contribution in [2.45, 2.75) is 12.7 Å². The van der Waals surface area contributed by atoms with Gasteiger partial charge in [0.05, 0.1) is 23.3 Å². The van der Waals surface area contributed by atoms with E-state index in [1.54, 1.807) is 47.6 Å². The minimum Gasteiger partial charge on any atom is -0.467 e. The van der Waals surface area contributed by atoms with E-state index in [-0.39, 0.29) is 18.1 Å². The third kappa shape index (κ3) is 2.79. The maximum atomic E-state index is 13.1. The van der Waals surface area contributed by atoms with Crippen LogP contribution in [0.2, 0.25) is 0 Å². The Morgan fingerprint density at radius 1 is 1.12 bits per heavy atom. The number of benzene rings is 2. The highest BCUT2D eigenvalue weighted by Crippen LogP contribution is 2.35. The Morgan fingerprint density at radius 3 is 2.73 bits per heavy atom. The standard InChI is InChI=1S/C19H15N3O4/c23-19-16-8-1-2-9-17(16)20-18(21(19)12-15-7-4-10-26-15)13-5-3-6-14(11-13)22(24)25/h1-11,18,20H,12H2/t18-/m0/s1. The lowest BCUT2D eigenvalue weighted by atomic mass is 10.0. The first kappa shape index (κ1) is 15.9. The largest absolute Gasteiger partial charge is 0.467 e. The predicted molar refractivity (Wildman–Crippen MR) is 94.5 cm³/mol. The molecule has 2 aromatic carbocycles. The van der Waals surface area contributed by atoms with Gasteiger partial charge in [0.1, 0.15) is 11.9 Å². The fourth-order valence-corrected chi connectivity index (χ4v) is 3.10. The number of nitro benzene ring substituents is 1. The summed E-state index contributed by atoms with van der Waals surface area (Å²) in [6.07, 6.45) is 1.01. The van der Waals surface area contributed by atoms with E-state index in [0.717, 1.165) is 0 Å². The number of rotatable bonds is 4. The van der Waals surface area contributed by atoms with Gasteiger partial charge in [-0.1, -0.05) is 24.3 Å². The second-order valence-electron chi connectivity index (χ2n) is 5.96. The number of anilines is 1. The van der Waals surface area contributed by atoms with Crippen LogP contribution in [0.15, 0.2) is 71.3 Å². The monoisotopic (exact) mass is 349 g/mol. The van der Waals surface area contributed by atoms with Crippen molar-refractivity contribution >= 4 is 17.3 Å². The van der Waals surface area contributed by atoms with Crippen LogP contribution >= 0.6 is 0 Å². The molecule has 4 rings (SSSR count). The normalized spacial score (nSPS) is 16.1. The minimum atomic E-state index is -0.539. The molecule has 7 heteroatoms. The first-order valence-corrected chi connectivity index (χ1v) is 8.07. The Bertz CT molecular complexity index is 968. The van der Waals surface area contributed by atoms with E-state index in [9.17, 15) is 14.9 Å². The molecule has 0 unspecified atom stereocenters. The lowest BCUT2D eigenvalue weighted by Crippen LogP contribution is -2.42. The third-order valence-electron chi connectivity index (χ3n) is 4.33. The van der Waals surface area contributed by atoms with Crippen molar-refractivity contribution in [3.63, 3.8) is 0 Å². The summed E-state index contributed by atoms with van der Waals surface area (Å²) in [4.78, 5) is 25.3. The molecule has 0 saturated carbocycles. The molecule has 0 aliphatic carbocycles. The van der Waals surface area contributed by atoms with E-state index in [4.69, 9.17) is 4.42 Å². The van der Waals surface area contributed by atoms with Crippen molar-refractivity contribution in [3.05, 3.63) is 93.9 Å². The number of carbonyl (C=O) groups is 1. The van der Waals surface area contributed by atoms with Crippen molar-refractivity contribution in [2.75, 3.05) is 5.32 Å². The van der Waals surface area contributed by atoms with Crippen LogP contribution in [-0.2, 0) is 6.54 Å². The molecule has 1 aromatic heterocycles. The molecule has 0 radical (unpaired) electrons. The third-order valence-corrected chi connectivity index (χ3v) is 4.33. The SMILES string of the molecule is O=C1c2ccccc2N[C@H](c2cccc([N+](=O)[O-])c2)N1Cc1ccco1. The average Bonchev–Trinajstić information content (AvgIpc) is 3.17. The molecule has 0 fully saturated rings. The zero-order valence-corrected chi connectivity index (χ0v) is 13.7. The fraction of sp³-hybridized carbons (Fsp3) is 0.105. The van der Waals surface area contributed by atoms with Gasteiger partial charge < -0.3 is 14.6 Å². The summed E-state index contributed by atoms with van der Waals surface area (Å²) in [6.45, 7) is 0.251. The number of hydrogen-bond donors (Lipinski definition) is 1. The number of para-hydroxylation sites is 1. The molecular weight excluding hydrogens is 334 g/mol. The first-order valence-electron chi connectivity index (χ1n) is 8.07. The summed E-state index contributed by atoms with van der Waals surface area (Å²) < 4.78 is 5.39. The number of furan rings is 1. The maximum Gasteiger partial charge on any atom is 0.269 e. The highest BCUT2D eigenvalue weighted by atomic mass is 16.6. The van der Waals surface area contributed by atoms with E-state index in [1.807, 2.05) is 12.1 Å². The number of nitrogens with one attached hydrogen (secondary N) is 1. The summed E-state index contributed by atoms with van der Waals surface area (Å²) in [6, 6.07) is 17.1. The lowest BCUT2D eigenvalue weighted by molar-refractivity contribution is -0.384. The van der Waals surface area contributed by atoms with Crippen LogP contribution < -0.4 is 5.32 Å². The van der Waals surface area contributed by atoms with Crippen molar-refractivity contribution in [1.82, 2.24) is 4.90 Å². The van der Waals surface area contributed by atoms with E-state index < -0.39 is 11.1 Å². The zero-order chi connectivity index (χ0) is 18.1. The molecule has 26 heavy (non-hydrogen) atoms. The molecule has 3 aromatic rings. The number of nitro groups is 1. The van der Waals surface area contributed by atoms with Crippen LogP contribution in [0, 0.1) is 10.1 Å². The Labute approximate surface area is 149 Å². The molecule has 1 aliphatic rings. The van der Waals surface area contributed by atoms with Gasteiger partial charge in [-0.3, -0.25) is 14.9 Å².